The van der Waals surface area contributed by atoms with Crippen LogP contribution in [0.2, 0.25) is 0 Å². The number of carboxylic acid groups (broad SMARTS) is 1. The number of fused-ring (bicyclic) bond motifs is 1. The van der Waals surface area contributed by atoms with Gasteiger partial charge in [0.25, 0.3) is 11.1 Å². The van der Waals surface area contributed by atoms with Crippen LogP contribution in [0.1, 0.15) is 37.7 Å². The number of amides is 2. The molecule has 2 aromatic rings. The van der Waals surface area contributed by atoms with E-state index < -0.39 is 5.97 Å². The van der Waals surface area contributed by atoms with E-state index in [-0.39, 0.29) is 17.6 Å². The van der Waals surface area contributed by atoms with Crippen LogP contribution in [0.15, 0.2) is 41.3 Å². The molecule has 1 heterocycles. The van der Waals surface area contributed by atoms with E-state index >= 15 is 0 Å². The van der Waals surface area contributed by atoms with Crippen molar-refractivity contribution in [3.63, 3.8) is 0 Å². The Labute approximate surface area is 166 Å². The number of carbonyl (C=O) groups excluding carboxylic acids is 2. The SMILES string of the molecule is O=C(O)CCCCCCOc1ccc(/C=C2\SC(=O)NC2=O)c2ccccc12. The Balaban J connectivity index is 1.67. The molecule has 0 unspecified atom stereocenters. The normalized spacial score (nSPS) is 15.2. The molecule has 146 valence electrons. The Hall–Kier alpha value is -2.80. The van der Waals surface area contributed by atoms with E-state index in [9.17, 15) is 14.4 Å². The Morgan fingerprint density at radius 3 is 2.50 bits per heavy atom. The molecular weight excluding hydrogens is 378 g/mol. The van der Waals surface area contributed by atoms with Gasteiger partial charge < -0.3 is 9.84 Å². The van der Waals surface area contributed by atoms with Crippen LogP contribution in [0.25, 0.3) is 16.8 Å². The van der Waals surface area contributed by atoms with Crippen LogP contribution >= 0.6 is 11.8 Å². The minimum Gasteiger partial charge on any atom is -0.493 e. The van der Waals surface area contributed by atoms with Crippen LogP contribution < -0.4 is 10.1 Å². The third-order valence-electron chi connectivity index (χ3n) is 4.39. The largest absolute Gasteiger partial charge is 0.493 e. The van der Waals surface area contributed by atoms with Gasteiger partial charge in [0.2, 0.25) is 0 Å². The third-order valence-corrected chi connectivity index (χ3v) is 5.20. The van der Waals surface area contributed by atoms with E-state index in [4.69, 9.17) is 9.84 Å². The van der Waals surface area contributed by atoms with Crippen molar-refractivity contribution < 1.29 is 24.2 Å². The Morgan fingerprint density at radius 1 is 1.04 bits per heavy atom. The molecule has 0 atom stereocenters. The number of hydrogen-bond donors (Lipinski definition) is 2. The fourth-order valence-electron chi connectivity index (χ4n) is 3.02. The smallest absolute Gasteiger partial charge is 0.303 e. The van der Waals surface area contributed by atoms with Crippen LogP contribution in [0.4, 0.5) is 4.79 Å². The van der Waals surface area contributed by atoms with Crippen molar-refractivity contribution in [2.45, 2.75) is 32.1 Å². The summed E-state index contributed by atoms with van der Waals surface area (Å²) in [5.74, 6) is -0.360. The van der Waals surface area contributed by atoms with Crippen molar-refractivity contribution in [2.24, 2.45) is 0 Å². The maximum atomic E-state index is 11.8. The standard InChI is InChI=1S/C21H21NO5S/c23-19(24)9-3-1-2-6-12-27-17-11-10-14(15-7-4-5-8-16(15)17)13-18-20(25)22-21(26)28-18/h4-5,7-8,10-11,13H,1-3,6,9,12H2,(H,23,24)(H,22,25,26)/b18-13-. The first-order valence-corrected chi connectivity index (χ1v) is 9.97. The minimum absolute atomic E-state index is 0.213. The average molecular weight is 399 g/mol. The molecule has 28 heavy (non-hydrogen) atoms. The number of carboxylic acids is 1. The van der Waals surface area contributed by atoms with Gasteiger partial charge in [-0.15, -0.1) is 0 Å². The lowest BCUT2D eigenvalue weighted by molar-refractivity contribution is -0.137. The molecule has 1 saturated heterocycles. The number of aliphatic carboxylic acids is 1. The lowest BCUT2D eigenvalue weighted by atomic mass is 10.0. The highest BCUT2D eigenvalue weighted by atomic mass is 32.2. The van der Waals surface area contributed by atoms with Crippen molar-refractivity contribution in [1.29, 1.82) is 0 Å². The number of carbonyl (C=O) groups is 3. The average Bonchev–Trinajstić information content (AvgIpc) is 2.99. The van der Waals surface area contributed by atoms with Gasteiger partial charge in [-0.1, -0.05) is 43.2 Å². The molecule has 2 N–H and O–H groups in total. The second kappa shape index (κ2) is 9.41. The lowest BCUT2D eigenvalue weighted by Gasteiger charge is -2.11. The molecule has 1 fully saturated rings. The fraction of sp³-hybridized carbons (Fsp3) is 0.286. The molecule has 0 aliphatic carbocycles. The first-order chi connectivity index (χ1) is 13.5. The number of benzene rings is 2. The zero-order valence-electron chi connectivity index (χ0n) is 15.3. The molecule has 2 aromatic carbocycles. The number of thioether (sulfide) groups is 1. The molecule has 3 rings (SSSR count). The summed E-state index contributed by atoms with van der Waals surface area (Å²) in [7, 11) is 0. The molecule has 6 nitrogen and oxygen atoms in total. The van der Waals surface area contributed by atoms with Crippen LogP contribution in [0, 0.1) is 0 Å². The molecular formula is C21H21NO5S. The van der Waals surface area contributed by atoms with Gasteiger partial charge in [0.05, 0.1) is 11.5 Å². The highest BCUT2D eigenvalue weighted by molar-refractivity contribution is 8.18. The van der Waals surface area contributed by atoms with Gasteiger partial charge >= 0.3 is 5.97 Å². The number of rotatable bonds is 9. The summed E-state index contributed by atoms with van der Waals surface area (Å²) in [5.41, 5.74) is 0.851. The van der Waals surface area contributed by atoms with Gasteiger partial charge in [-0.2, -0.15) is 0 Å². The summed E-state index contributed by atoms with van der Waals surface area (Å²) in [4.78, 5) is 34.0. The first kappa shape index (κ1) is 19.9. The Morgan fingerprint density at radius 2 is 1.79 bits per heavy atom. The molecule has 0 spiro atoms. The number of imide groups is 1. The maximum Gasteiger partial charge on any atom is 0.303 e. The molecule has 0 aromatic heterocycles. The van der Waals surface area contributed by atoms with Gasteiger partial charge in [-0.05, 0) is 47.7 Å². The van der Waals surface area contributed by atoms with E-state index in [0.717, 1.165) is 53.1 Å². The van der Waals surface area contributed by atoms with Crippen molar-refractivity contribution >= 4 is 45.7 Å². The molecule has 0 bridgehead atoms. The second-order valence-corrected chi connectivity index (χ2v) is 7.47. The van der Waals surface area contributed by atoms with Gasteiger partial charge in [-0.3, -0.25) is 19.7 Å². The van der Waals surface area contributed by atoms with Crippen LogP contribution in [0.5, 0.6) is 5.75 Å². The van der Waals surface area contributed by atoms with Gasteiger partial charge in [0.15, 0.2) is 0 Å². The number of unbranched alkanes of at least 4 members (excludes halogenated alkanes) is 3. The van der Waals surface area contributed by atoms with Crippen molar-refractivity contribution in [2.75, 3.05) is 6.61 Å². The van der Waals surface area contributed by atoms with Gasteiger partial charge in [0, 0.05) is 11.8 Å². The summed E-state index contributed by atoms with van der Waals surface area (Å²) >= 11 is 0.900. The fourth-order valence-corrected chi connectivity index (χ4v) is 3.70. The highest BCUT2D eigenvalue weighted by Gasteiger charge is 2.25. The summed E-state index contributed by atoms with van der Waals surface area (Å²) in [6.45, 7) is 0.560. The van der Waals surface area contributed by atoms with Crippen LogP contribution in [0.3, 0.4) is 0 Å². The van der Waals surface area contributed by atoms with E-state index in [1.54, 1.807) is 6.08 Å². The Kier molecular flexibility index (Phi) is 6.71. The molecule has 1 aliphatic rings. The summed E-state index contributed by atoms with van der Waals surface area (Å²) in [6.07, 6.45) is 5.29. The zero-order chi connectivity index (χ0) is 19.9. The quantitative estimate of drug-likeness (QED) is 0.474. The lowest BCUT2D eigenvalue weighted by Crippen LogP contribution is -2.17. The predicted octanol–water partition coefficient (Wildman–Crippen LogP) is 4.58. The van der Waals surface area contributed by atoms with E-state index in [0.29, 0.717) is 17.9 Å². The number of ether oxygens (including phenoxy) is 1. The van der Waals surface area contributed by atoms with E-state index in [1.807, 2.05) is 36.4 Å². The van der Waals surface area contributed by atoms with Crippen LogP contribution in [-0.4, -0.2) is 28.8 Å². The second-order valence-electron chi connectivity index (χ2n) is 6.46. The van der Waals surface area contributed by atoms with Crippen molar-refractivity contribution in [3.05, 3.63) is 46.9 Å². The third kappa shape index (κ3) is 5.13. The molecule has 1 aliphatic heterocycles. The van der Waals surface area contributed by atoms with Crippen molar-refractivity contribution in [1.82, 2.24) is 5.32 Å². The highest BCUT2D eigenvalue weighted by Crippen LogP contribution is 2.32. The molecule has 0 saturated carbocycles. The van der Waals surface area contributed by atoms with E-state index in [1.165, 1.54) is 0 Å². The monoisotopic (exact) mass is 399 g/mol. The Bertz CT molecular complexity index is 938. The molecule has 0 radical (unpaired) electrons. The number of hydrogen-bond acceptors (Lipinski definition) is 5. The van der Waals surface area contributed by atoms with Gasteiger partial charge in [0.1, 0.15) is 5.75 Å². The van der Waals surface area contributed by atoms with Crippen LogP contribution in [-0.2, 0) is 9.59 Å². The van der Waals surface area contributed by atoms with Crippen molar-refractivity contribution in [3.8, 4) is 5.75 Å². The first-order valence-electron chi connectivity index (χ1n) is 9.16. The maximum absolute atomic E-state index is 11.8. The minimum atomic E-state index is -0.754. The number of nitrogens with one attached hydrogen (secondary N) is 1. The van der Waals surface area contributed by atoms with Gasteiger partial charge in [-0.25, -0.2) is 0 Å². The summed E-state index contributed by atoms with van der Waals surface area (Å²) in [5, 5.41) is 12.4. The topological polar surface area (TPSA) is 92.7 Å². The molecule has 2 amide bonds. The summed E-state index contributed by atoms with van der Waals surface area (Å²) in [6, 6.07) is 11.5. The predicted molar refractivity (Wildman–Crippen MR) is 109 cm³/mol. The zero-order valence-corrected chi connectivity index (χ0v) is 16.1. The molecule has 7 heteroatoms. The van der Waals surface area contributed by atoms with E-state index in [2.05, 4.69) is 5.32 Å². The summed E-state index contributed by atoms with van der Waals surface area (Å²) < 4.78 is 5.93.